The molecule has 0 bridgehead atoms. The van der Waals surface area contributed by atoms with Crippen LogP contribution in [0.4, 0.5) is 5.69 Å². The van der Waals surface area contributed by atoms with Crippen molar-refractivity contribution in [3.05, 3.63) is 54.1 Å². The normalized spacial score (nSPS) is 9.73. The molecule has 10 heteroatoms. The van der Waals surface area contributed by atoms with Gasteiger partial charge in [0, 0.05) is 5.69 Å². The molecule has 0 saturated carbocycles. The summed E-state index contributed by atoms with van der Waals surface area (Å²) in [6, 6.07) is 15.3. The van der Waals surface area contributed by atoms with Crippen molar-refractivity contribution >= 4 is 35.2 Å². The number of anilines is 1. The quantitative estimate of drug-likeness (QED) is 0.516. The smallest absolute Gasteiger partial charge is 0.276 e. The summed E-state index contributed by atoms with van der Waals surface area (Å²) >= 11 is 1.10. The summed E-state index contributed by atoms with van der Waals surface area (Å²) in [4.78, 5) is 35.4. The molecule has 2 rings (SSSR count). The highest BCUT2D eigenvalue weighted by Crippen LogP contribution is 2.16. The maximum atomic E-state index is 11.9. The number of nitrogens with one attached hydrogen (secondary N) is 3. The standard InChI is InChI=1S/C20H20N4O5S/c1-28-16-8-6-15(7-9-16)22-19(26)12-30-13-20(27)24-23-18(25)11-29-17-5-3-2-4-14(17)10-21/h2-9H,11-13H2,1H3,(H,22,26)(H,23,25)(H,24,27). The number of nitriles is 1. The van der Waals surface area contributed by atoms with Gasteiger partial charge in [-0.2, -0.15) is 5.26 Å². The molecule has 156 valence electrons. The number of benzene rings is 2. The maximum absolute atomic E-state index is 11.9. The topological polar surface area (TPSA) is 130 Å². The number of rotatable bonds is 9. The molecule has 0 fully saturated rings. The van der Waals surface area contributed by atoms with Gasteiger partial charge in [-0.15, -0.1) is 11.8 Å². The Balaban J connectivity index is 1.61. The molecular formula is C20H20N4O5S. The molecule has 0 heterocycles. The first-order valence-corrected chi connectivity index (χ1v) is 9.88. The van der Waals surface area contributed by atoms with Crippen molar-refractivity contribution in [2.45, 2.75) is 0 Å². The molecule has 2 aromatic rings. The molecule has 0 spiro atoms. The number of hydrogen-bond donors (Lipinski definition) is 3. The van der Waals surface area contributed by atoms with Crippen LogP contribution >= 0.6 is 11.8 Å². The number of thioether (sulfide) groups is 1. The molecule has 0 saturated heterocycles. The average Bonchev–Trinajstić information content (AvgIpc) is 2.77. The zero-order valence-corrected chi connectivity index (χ0v) is 17.0. The maximum Gasteiger partial charge on any atom is 0.276 e. The van der Waals surface area contributed by atoms with Crippen molar-refractivity contribution in [2.75, 3.05) is 30.5 Å². The van der Waals surface area contributed by atoms with Crippen molar-refractivity contribution in [2.24, 2.45) is 0 Å². The summed E-state index contributed by atoms with van der Waals surface area (Å²) in [5.41, 5.74) is 5.37. The number of carbonyl (C=O) groups excluding carboxylic acids is 3. The van der Waals surface area contributed by atoms with E-state index in [4.69, 9.17) is 14.7 Å². The monoisotopic (exact) mass is 428 g/mol. The van der Waals surface area contributed by atoms with Crippen LogP contribution in [0.3, 0.4) is 0 Å². The molecule has 3 amide bonds. The second-order valence-electron chi connectivity index (χ2n) is 5.76. The van der Waals surface area contributed by atoms with E-state index in [2.05, 4.69) is 16.2 Å². The van der Waals surface area contributed by atoms with Crippen LogP contribution in [0, 0.1) is 11.3 Å². The first-order chi connectivity index (χ1) is 14.5. The molecule has 0 aliphatic heterocycles. The molecule has 3 N–H and O–H groups in total. The lowest BCUT2D eigenvalue weighted by Gasteiger charge is -2.09. The molecule has 0 aliphatic carbocycles. The molecule has 0 aromatic heterocycles. The van der Waals surface area contributed by atoms with Crippen LogP contribution in [-0.2, 0) is 14.4 Å². The van der Waals surface area contributed by atoms with Gasteiger partial charge in [-0.05, 0) is 36.4 Å². The molecule has 9 nitrogen and oxygen atoms in total. The van der Waals surface area contributed by atoms with E-state index in [1.807, 2.05) is 6.07 Å². The van der Waals surface area contributed by atoms with Gasteiger partial charge in [-0.25, -0.2) is 0 Å². The van der Waals surface area contributed by atoms with Crippen LogP contribution in [0.5, 0.6) is 11.5 Å². The predicted molar refractivity (Wildman–Crippen MR) is 112 cm³/mol. The number of methoxy groups -OCH3 is 1. The third kappa shape index (κ3) is 7.73. The summed E-state index contributed by atoms with van der Waals surface area (Å²) in [5.74, 6) is -0.302. The number of hydrazine groups is 1. The van der Waals surface area contributed by atoms with Crippen LogP contribution < -0.4 is 25.6 Å². The van der Waals surface area contributed by atoms with Gasteiger partial charge in [0.05, 0.1) is 24.2 Å². The SMILES string of the molecule is COc1ccc(NC(=O)CSCC(=O)NNC(=O)COc2ccccc2C#N)cc1. The summed E-state index contributed by atoms with van der Waals surface area (Å²) in [6.07, 6.45) is 0. The molecule has 0 unspecified atom stereocenters. The van der Waals surface area contributed by atoms with E-state index in [1.165, 1.54) is 0 Å². The van der Waals surface area contributed by atoms with E-state index in [9.17, 15) is 14.4 Å². The average molecular weight is 428 g/mol. The highest BCUT2D eigenvalue weighted by Gasteiger charge is 2.09. The third-order valence-electron chi connectivity index (χ3n) is 3.55. The third-order valence-corrected chi connectivity index (χ3v) is 4.48. The second kappa shape index (κ2) is 12.0. The second-order valence-corrected chi connectivity index (χ2v) is 6.75. The van der Waals surface area contributed by atoms with Crippen molar-refractivity contribution < 1.29 is 23.9 Å². The van der Waals surface area contributed by atoms with Gasteiger partial charge in [-0.3, -0.25) is 25.2 Å². The van der Waals surface area contributed by atoms with Gasteiger partial charge in [0.15, 0.2) is 6.61 Å². The van der Waals surface area contributed by atoms with Crippen LogP contribution in [0.15, 0.2) is 48.5 Å². The van der Waals surface area contributed by atoms with Crippen LogP contribution in [0.25, 0.3) is 0 Å². The zero-order chi connectivity index (χ0) is 21.8. The largest absolute Gasteiger partial charge is 0.497 e. The Bertz CT molecular complexity index is 928. The Labute approximate surface area is 177 Å². The number of ether oxygens (including phenoxy) is 2. The van der Waals surface area contributed by atoms with Gasteiger partial charge >= 0.3 is 0 Å². The van der Waals surface area contributed by atoms with E-state index in [1.54, 1.807) is 55.6 Å². The minimum atomic E-state index is -0.585. The van der Waals surface area contributed by atoms with Crippen LogP contribution in [-0.4, -0.2) is 42.9 Å². The van der Waals surface area contributed by atoms with Crippen LogP contribution in [0.1, 0.15) is 5.56 Å². The molecular weight excluding hydrogens is 408 g/mol. The predicted octanol–water partition coefficient (Wildman–Crippen LogP) is 1.46. The summed E-state index contributed by atoms with van der Waals surface area (Å²) in [5, 5.41) is 11.7. The Morgan fingerprint density at radius 1 is 0.967 bits per heavy atom. The Morgan fingerprint density at radius 3 is 2.33 bits per heavy atom. The van der Waals surface area contributed by atoms with Crippen molar-refractivity contribution in [3.63, 3.8) is 0 Å². The minimum absolute atomic E-state index is 0.0194. The fourth-order valence-electron chi connectivity index (χ4n) is 2.15. The molecule has 0 aliphatic rings. The summed E-state index contributed by atoms with van der Waals surface area (Å²) in [7, 11) is 1.55. The number of amides is 3. The first kappa shape index (κ1) is 22.6. The Morgan fingerprint density at radius 2 is 1.63 bits per heavy atom. The van der Waals surface area contributed by atoms with Gasteiger partial charge in [0.1, 0.15) is 17.6 Å². The van der Waals surface area contributed by atoms with E-state index in [0.29, 0.717) is 17.0 Å². The van der Waals surface area contributed by atoms with Crippen molar-refractivity contribution in [1.29, 1.82) is 5.26 Å². The number of hydrogen-bond acceptors (Lipinski definition) is 7. The number of para-hydroxylation sites is 1. The lowest BCUT2D eigenvalue weighted by Crippen LogP contribution is -2.44. The van der Waals surface area contributed by atoms with Gasteiger partial charge in [0.25, 0.3) is 5.91 Å². The number of carbonyl (C=O) groups is 3. The van der Waals surface area contributed by atoms with E-state index in [0.717, 1.165) is 11.8 Å². The Hall–Kier alpha value is -3.71. The first-order valence-electron chi connectivity index (χ1n) is 8.73. The molecule has 2 aromatic carbocycles. The lowest BCUT2D eigenvalue weighted by molar-refractivity contribution is -0.128. The molecule has 0 radical (unpaired) electrons. The van der Waals surface area contributed by atoms with Crippen LogP contribution in [0.2, 0.25) is 0 Å². The minimum Gasteiger partial charge on any atom is -0.497 e. The highest BCUT2D eigenvalue weighted by molar-refractivity contribution is 8.00. The van der Waals surface area contributed by atoms with E-state index < -0.39 is 11.8 Å². The summed E-state index contributed by atoms with van der Waals surface area (Å²) in [6.45, 7) is -0.365. The molecule has 0 atom stereocenters. The lowest BCUT2D eigenvalue weighted by atomic mass is 10.2. The fourth-order valence-corrected chi connectivity index (χ4v) is 2.76. The Kier molecular flexibility index (Phi) is 9.02. The van der Waals surface area contributed by atoms with Gasteiger partial charge in [-0.1, -0.05) is 12.1 Å². The van der Waals surface area contributed by atoms with Gasteiger partial charge in [0.2, 0.25) is 11.8 Å². The van der Waals surface area contributed by atoms with Gasteiger partial charge < -0.3 is 14.8 Å². The zero-order valence-electron chi connectivity index (χ0n) is 16.1. The summed E-state index contributed by atoms with van der Waals surface area (Å²) < 4.78 is 10.3. The van der Waals surface area contributed by atoms with Crippen molar-refractivity contribution in [3.8, 4) is 17.6 Å². The number of nitrogens with zero attached hydrogens (tertiary/aromatic N) is 1. The fraction of sp³-hybridized carbons (Fsp3) is 0.200. The van der Waals surface area contributed by atoms with E-state index in [-0.39, 0.29) is 29.8 Å². The van der Waals surface area contributed by atoms with Crippen molar-refractivity contribution in [1.82, 2.24) is 10.9 Å². The molecule has 30 heavy (non-hydrogen) atoms. The highest BCUT2D eigenvalue weighted by atomic mass is 32.2. The van der Waals surface area contributed by atoms with E-state index >= 15 is 0 Å².